The number of carbonyl (C=O) groups excluding carboxylic acids is 2. The van der Waals surface area contributed by atoms with Crippen LogP contribution in [0.5, 0.6) is 0 Å². The summed E-state index contributed by atoms with van der Waals surface area (Å²) in [4.78, 5) is 22.2. The van der Waals surface area contributed by atoms with E-state index in [-0.39, 0.29) is 29.6 Å². The Kier molecular flexibility index (Phi) is 9.08. The van der Waals surface area contributed by atoms with Crippen molar-refractivity contribution in [3.63, 3.8) is 0 Å². The van der Waals surface area contributed by atoms with E-state index in [0.29, 0.717) is 6.08 Å². The van der Waals surface area contributed by atoms with Gasteiger partial charge in [-0.1, -0.05) is 0 Å². The van der Waals surface area contributed by atoms with E-state index < -0.39 is 73.4 Å². The predicted molar refractivity (Wildman–Crippen MR) is 76.4 cm³/mol. The van der Waals surface area contributed by atoms with Gasteiger partial charge >= 0.3 is 29.6 Å². The Hall–Kier alpha value is -0.800. The third-order valence-electron chi connectivity index (χ3n) is 3.93. The second kappa shape index (κ2) is 10.1. The minimum absolute atomic E-state index is 0. The summed E-state index contributed by atoms with van der Waals surface area (Å²) in [5, 5.41) is 62.3. The van der Waals surface area contributed by atoms with Crippen molar-refractivity contribution in [1.29, 1.82) is 0 Å². The molecule has 0 aromatic carbocycles. The Labute approximate surface area is 175 Å². The molecule has 13 heteroatoms. The van der Waals surface area contributed by atoms with Gasteiger partial charge in [0.25, 0.3) is 0 Å². The van der Waals surface area contributed by atoms with Crippen LogP contribution in [0.15, 0.2) is 11.8 Å². The number of carboxylic acids is 1. The number of hydrogen-bond acceptors (Lipinski definition) is 11. The fraction of sp³-hybridized carbons (Fsp3) is 0.714. The van der Waals surface area contributed by atoms with Crippen LogP contribution in [0.3, 0.4) is 0 Å². The van der Waals surface area contributed by atoms with Gasteiger partial charge < -0.3 is 55.0 Å². The average molecular weight is 401 g/mol. The standard InChI is InChI=1S/C14H21NO11.Na/c1-4(17)15-8-11(10(20)7(3-16)24-13(8)23)26-14-9(19)5(18)2-6(25-14)12(21)22;/h2,5,7-11,13-14,16,18-20,23H,3H2,1H3,(H,15,17)(H,21,22);/q;+1/p-1/t5-,7+,8+,9+,10+,11+,13?,14-;/m0./s1. The third kappa shape index (κ3) is 5.60. The first-order valence-corrected chi connectivity index (χ1v) is 7.66. The van der Waals surface area contributed by atoms with E-state index in [1.54, 1.807) is 0 Å². The van der Waals surface area contributed by atoms with Crippen molar-refractivity contribution in [3.8, 4) is 0 Å². The molecule has 0 radical (unpaired) electrons. The smallest absolute Gasteiger partial charge is 0.542 e. The summed E-state index contributed by atoms with van der Waals surface area (Å²) < 4.78 is 15.2. The molecule has 0 aromatic rings. The summed E-state index contributed by atoms with van der Waals surface area (Å²) in [5.74, 6) is -3.19. The van der Waals surface area contributed by atoms with Crippen LogP contribution in [-0.2, 0) is 23.8 Å². The largest absolute Gasteiger partial charge is 1.00 e. The monoisotopic (exact) mass is 401 g/mol. The summed E-state index contributed by atoms with van der Waals surface area (Å²) in [6.07, 6.45) is -10.5. The first-order chi connectivity index (χ1) is 12.1. The van der Waals surface area contributed by atoms with Gasteiger partial charge in [0, 0.05) is 6.92 Å². The zero-order chi connectivity index (χ0) is 19.6. The van der Waals surface area contributed by atoms with Gasteiger partial charge in [-0.2, -0.15) is 0 Å². The van der Waals surface area contributed by atoms with Crippen molar-refractivity contribution in [2.75, 3.05) is 6.61 Å². The number of carboxylic acid groups (broad SMARTS) is 1. The normalized spacial score (nSPS) is 38.8. The molecule has 2 heterocycles. The van der Waals surface area contributed by atoms with Crippen molar-refractivity contribution < 1.29 is 84.0 Å². The van der Waals surface area contributed by atoms with Gasteiger partial charge in [-0.25, -0.2) is 0 Å². The first kappa shape index (κ1) is 24.2. The quantitative estimate of drug-likeness (QED) is 0.239. The number of aliphatic hydroxyl groups excluding tert-OH is 5. The number of hydrogen-bond donors (Lipinski definition) is 6. The Balaban J connectivity index is 0.00000364. The molecule has 2 rings (SSSR count). The van der Waals surface area contributed by atoms with Crippen molar-refractivity contribution >= 4 is 11.9 Å². The molecule has 0 spiro atoms. The zero-order valence-electron chi connectivity index (χ0n) is 14.6. The van der Waals surface area contributed by atoms with Gasteiger partial charge in [0.05, 0.1) is 6.61 Å². The molecule has 0 aliphatic carbocycles. The van der Waals surface area contributed by atoms with Crippen LogP contribution < -0.4 is 40.0 Å². The van der Waals surface area contributed by atoms with Crippen molar-refractivity contribution in [2.24, 2.45) is 0 Å². The van der Waals surface area contributed by atoms with E-state index in [0.717, 1.165) is 6.92 Å². The minimum atomic E-state index is -1.77. The van der Waals surface area contributed by atoms with Crippen LogP contribution in [0.4, 0.5) is 0 Å². The van der Waals surface area contributed by atoms with Crippen LogP contribution >= 0.6 is 0 Å². The molecular weight excluding hydrogens is 381 g/mol. The molecule has 0 aromatic heterocycles. The fourth-order valence-electron chi connectivity index (χ4n) is 2.66. The topological polar surface area (TPSA) is 198 Å². The van der Waals surface area contributed by atoms with E-state index in [2.05, 4.69) is 5.32 Å². The number of aliphatic carboxylic acids is 1. The number of carbonyl (C=O) groups is 2. The van der Waals surface area contributed by atoms with Crippen LogP contribution in [0.1, 0.15) is 6.92 Å². The molecule has 1 unspecified atom stereocenters. The second-order valence-electron chi connectivity index (χ2n) is 5.85. The summed E-state index contributed by atoms with van der Waals surface area (Å²) in [6.45, 7) is 0.423. The predicted octanol–water partition coefficient (Wildman–Crippen LogP) is -8.34. The van der Waals surface area contributed by atoms with E-state index in [1.165, 1.54) is 0 Å². The van der Waals surface area contributed by atoms with Crippen LogP contribution in [0, 0.1) is 0 Å². The molecule has 8 atom stereocenters. The molecule has 12 nitrogen and oxygen atoms in total. The molecule has 148 valence electrons. The molecule has 6 N–H and O–H groups in total. The Bertz CT molecular complexity index is 573. The van der Waals surface area contributed by atoms with Crippen molar-refractivity contribution in [3.05, 3.63) is 11.8 Å². The molecule has 1 fully saturated rings. The van der Waals surface area contributed by atoms with Crippen molar-refractivity contribution in [1.82, 2.24) is 5.32 Å². The molecular formula is C14H20NNaO11. The number of ether oxygens (including phenoxy) is 3. The molecule has 1 amide bonds. The maximum atomic E-state index is 11.3. The zero-order valence-corrected chi connectivity index (χ0v) is 16.6. The first-order valence-electron chi connectivity index (χ1n) is 7.66. The van der Waals surface area contributed by atoms with Gasteiger partial charge in [-0.3, -0.25) is 4.79 Å². The van der Waals surface area contributed by atoms with Crippen LogP contribution in [0.2, 0.25) is 0 Å². The number of amides is 1. The summed E-state index contributed by atoms with van der Waals surface area (Å²) >= 11 is 0. The minimum Gasteiger partial charge on any atom is -0.542 e. The summed E-state index contributed by atoms with van der Waals surface area (Å²) in [7, 11) is 0. The Morgan fingerprint density at radius 1 is 1.26 bits per heavy atom. The van der Waals surface area contributed by atoms with E-state index in [1.807, 2.05) is 0 Å². The van der Waals surface area contributed by atoms with Gasteiger partial charge in [0.1, 0.15) is 48.3 Å². The van der Waals surface area contributed by atoms with Crippen LogP contribution in [-0.4, -0.2) is 93.2 Å². The van der Waals surface area contributed by atoms with Gasteiger partial charge in [-0.05, 0) is 6.08 Å². The molecule has 2 aliphatic rings. The number of aliphatic hydroxyl groups is 5. The number of nitrogens with one attached hydrogen (secondary N) is 1. The summed E-state index contributed by atoms with van der Waals surface area (Å²) in [6, 6.07) is -1.34. The van der Waals surface area contributed by atoms with Crippen molar-refractivity contribution in [2.45, 2.75) is 56.1 Å². The Morgan fingerprint density at radius 3 is 2.41 bits per heavy atom. The maximum Gasteiger partial charge on any atom is 1.00 e. The van der Waals surface area contributed by atoms with Gasteiger partial charge in [0.2, 0.25) is 12.2 Å². The summed E-state index contributed by atoms with van der Waals surface area (Å²) in [5.41, 5.74) is 0. The third-order valence-corrected chi connectivity index (χ3v) is 3.93. The van der Waals surface area contributed by atoms with Gasteiger partial charge in [0.15, 0.2) is 6.29 Å². The van der Waals surface area contributed by atoms with Crippen LogP contribution in [0.25, 0.3) is 0 Å². The average Bonchev–Trinajstić information content (AvgIpc) is 2.56. The van der Waals surface area contributed by atoms with Gasteiger partial charge in [-0.15, -0.1) is 0 Å². The molecule has 2 aliphatic heterocycles. The molecule has 27 heavy (non-hydrogen) atoms. The molecule has 0 saturated carbocycles. The second-order valence-corrected chi connectivity index (χ2v) is 5.85. The molecule has 1 saturated heterocycles. The number of rotatable bonds is 5. The SMILES string of the molecule is CC(=O)N[C@H]1C(O)O[C@H](CO)[C@@H](O)[C@@H]1O[C@@H]1OC(C(=O)[O-])=C[C@H](O)[C@H]1O.[Na+]. The fourth-order valence-corrected chi connectivity index (χ4v) is 2.66. The van der Waals surface area contributed by atoms with E-state index in [9.17, 15) is 40.2 Å². The Morgan fingerprint density at radius 2 is 1.89 bits per heavy atom. The maximum absolute atomic E-state index is 11.3. The van der Waals surface area contributed by atoms with E-state index >= 15 is 0 Å². The van der Waals surface area contributed by atoms with E-state index in [4.69, 9.17) is 14.2 Å². The molecule has 0 bridgehead atoms.